The minimum Gasteiger partial charge on any atom is -0.486 e. The summed E-state index contributed by atoms with van der Waals surface area (Å²) in [4.78, 5) is 24.6. The molecule has 0 fully saturated rings. The predicted octanol–water partition coefficient (Wildman–Crippen LogP) is 4.46. The highest BCUT2D eigenvalue weighted by molar-refractivity contribution is 5.94. The molecule has 0 saturated heterocycles. The number of hydrogen-bond donors (Lipinski definition) is 2. The zero-order valence-corrected chi connectivity index (χ0v) is 17.5. The molecule has 2 N–H and O–H groups in total. The first-order chi connectivity index (χ1) is 14.9. The Morgan fingerprint density at radius 2 is 1.84 bits per heavy atom. The van der Waals surface area contributed by atoms with Crippen LogP contribution >= 0.6 is 0 Å². The zero-order valence-electron chi connectivity index (χ0n) is 17.5. The molecule has 3 aromatic rings. The zero-order chi connectivity index (χ0) is 22.2. The van der Waals surface area contributed by atoms with Crippen molar-refractivity contribution in [2.24, 2.45) is 0 Å². The van der Waals surface area contributed by atoms with Crippen LogP contribution in [0, 0.1) is 5.82 Å². The van der Waals surface area contributed by atoms with Crippen molar-refractivity contribution in [3.8, 4) is 5.75 Å². The fourth-order valence-electron chi connectivity index (χ4n) is 2.76. The molecule has 1 aromatic heterocycles. The summed E-state index contributed by atoms with van der Waals surface area (Å²) in [7, 11) is 0. The number of nitrogens with one attached hydrogen (secondary N) is 2. The molecule has 7 heteroatoms. The van der Waals surface area contributed by atoms with Crippen molar-refractivity contribution in [2.75, 3.05) is 0 Å². The van der Waals surface area contributed by atoms with Gasteiger partial charge in [-0.15, -0.1) is 0 Å². The largest absolute Gasteiger partial charge is 0.486 e. The van der Waals surface area contributed by atoms with Gasteiger partial charge in [0, 0.05) is 18.2 Å². The molecule has 3 rings (SSSR count). The molecule has 2 amide bonds. The Kier molecular flexibility index (Phi) is 7.43. The van der Waals surface area contributed by atoms with Crippen molar-refractivity contribution >= 4 is 11.8 Å². The fourth-order valence-corrected chi connectivity index (χ4v) is 2.76. The molecule has 0 spiro atoms. The van der Waals surface area contributed by atoms with E-state index in [0.717, 1.165) is 12.0 Å². The molecule has 1 heterocycles. The lowest BCUT2D eigenvalue weighted by Gasteiger charge is -2.12. The Balaban J connectivity index is 1.52. The summed E-state index contributed by atoms with van der Waals surface area (Å²) in [5.74, 6) is 0.274. The van der Waals surface area contributed by atoms with Crippen molar-refractivity contribution in [3.63, 3.8) is 0 Å². The molecule has 31 heavy (non-hydrogen) atoms. The van der Waals surface area contributed by atoms with Crippen molar-refractivity contribution < 1.29 is 23.1 Å². The summed E-state index contributed by atoms with van der Waals surface area (Å²) in [5.41, 5.74) is 1.35. The molecule has 162 valence electrons. The minimum atomic E-state index is -0.373. The lowest BCUT2D eigenvalue weighted by molar-refractivity contribution is 0.0917. The molecule has 6 nitrogen and oxygen atoms in total. The lowest BCUT2D eigenvalue weighted by Crippen LogP contribution is -2.32. The van der Waals surface area contributed by atoms with Crippen LogP contribution in [0.3, 0.4) is 0 Å². The van der Waals surface area contributed by atoms with Crippen molar-refractivity contribution in [1.29, 1.82) is 0 Å². The average molecular weight is 424 g/mol. The third-order valence-electron chi connectivity index (χ3n) is 4.71. The molecule has 0 radical (unpaired) electrons. The van der Waals surface area contributed by atoms with E-state index in [9.17, 15) is 14.0 Å². The van der Waals surface area contributed by atoms with E-state index in [1.807, 2.05) is 19.9 Å². The van der Waals surface area contributed by atoms with E-state index < -0.39 is 0 Å². The molecule has 0 aliphatic heterocycles. The first kappa shape index (κ1) is 22.1. The number of ether oxygens (including phenoxy) is 1. The second-order valence-corrected chi connectivity index (χ2v) is 7.17. The van der Waals surface area contributed by atoms with Gasteiger partial charge in [0.15, 0.2) is 5.76 Å². The number of halogens is 1. The highest BCUT2D eigenvalue weighted by atomic mass is 19.1. The third-order valence-corrected chi connectivity index (χ3v) is 4.71. The summed E-state index contributed by atoms with van der Waals surface area (Å²) < 4.78 is 24.0. The Bertz CT molecular complexity index is 1030. The van der Waals surface area contributed by atoms with E-state index in [1.54, 1.807) is 30.3 Å². The number of carbonyl (C=O) groups is 2. The maximum absolute atomic E-state index is 12.9. The van der Waals surface area contributed by atoms with Crippen LogP contribution in [0.15, 0.2) is 65.1 Å². The number of hydrogen-bond acceptors (Lipinski definition) is 4. The summed E-state index contributed by atoms with van der Waals surface area (Å²) in [6.07, 6.45) is 0.849. The maximum atomic E-state index is 12.9. The summed E-state index contributed by atoms with van der Waals surface area (Å²) in [6.45, 7) is 4.33. The van der Waals surface area contributed by atoms with Crippen LogP contribution in [0.5, 0.6) is 5.75 Å². The minimum absolute atomic E-state index is 0.0936. The van der Waals surface area contributed by atoms with E-state index in [4.69, 9.17) is 9.15 Å². The van der Waals surface area contributed by atoms with Crippen LogP contribution in [0.25, 0.3) is 0 Å². The smallest absolute Gasteiger partial charge is 0.287 e. The number of amides is 2. The van der Waals surface area contributed by atoms with Crippen molar-refractivity contribution in [2.45, 2.75) is 39.5 Å². The predicted molar refractivity (Wildman–Crippen MR) is 114 cm³/mol. The van der Waals surface area contributed by atoms with E-state index in [2.05, 4.69) is 10.6 Å². The van der Waals surface area contributed by atoms with Gasteiger partial charge in [-0.05, 0) is 67.4 Å². The van der Waals surface area contributed by atoms with Gasteiger partial charge < -0.3 is 19.8 Å². The van der Waals surface area contributed by atoms with Gasteiger partial charge >= 0.3 is 0 Å². The number of rotatable bonds is 9. The van der Waals surface area contributed by atoms with Gasteiger partial charge in [-0.1, -0.05) is 19.1 Å². The molecule has 1 unspecified atom stereocenters. The van der Waals surface area contributed by atoms with Gasteiger partial charge in [-0.3, -0.25) is 9.59 Å². The fraction of sp³-hybridized carbons (Fsp3) is 0.250. The van der Waals surface area contributed by atoms with E-state index >= 15 is 0 Å². The van der Waals surface area contributed by atoms with Gasteiger partial charge in [0.25, 0.3) is 11.8 Å². The highest BCUT2D eigenvalue weighted by Crippen LogP contribution is 2.15. The second-order valence-electron chi connectivity index (χ2n) is 7.17. The van der Waals surface area contributed by atoms with Gasteiger partial charge in [0.05, 0.1) is 0 Å². The standard InChI is InChI=1S/C24H25FN2O4/c1-3-16(2)27-23(28)18-6-4-5-17(13-18)14-26-24(29)22-12-11-21(31-22)15-30-20-9-7-19(25)8-10-20/h4-13,16H,3,14-15H2,1-2H3,(H,26,29)(H,27,28). The molecular formula is C24H25FN2O4. The summed E-state index contributed by atoms with van der Waals surface area (Å²) >= 11 is 0. The first-order valence-electron chi connectivity index (χ1n) is 10.1. The quantitative estimate of drug-likeness (QED) is 0.532. The van der Waals surface area contributed by atoms with Crippen LogP contribution in [0.1, 0.15) is 52.5 Å². The van der Waals surface area contributed by atoms with E-state index in [-0.39, 0.29) is 42.6 Å². The van der Waals surface area contributed by atoms with Crippen LogP contribution in [-0.2, 0) is 13.2 Å². The topological polar surface area (TPSA) is 80.6 Å². The second kappa shape index (κ2) is 10.4. The lowest BCUT2D eigenvalue weighted by atomic mass is 10.1. The van der Waals surface area contributed by atoms with Crippen molar-refractivity contribution in [1.82, 2.24) is 10.6 Å². The number of benzene rings is 2. The molecular weight excluding hydrogens is 399 g/mol. The Morgan fingerprint density at radius 1 is 1.06 bits per heavy atom. The molecule has 2 aromatic carbocycles. The first-order valence-corrected chi connectivity index (χ1v) is 10.1. The Hall–Kier alpha value is -3.61. The number of carbonyl (C=O) groups excluding carboxylic acids is 2. The Labute approximate surface area is 180 Å². The van der Waals surface area contributed by atoms with E-state index in [1.165, 1.54) is 24.3 Å². The molecule has 0 aliphatic carbocycles. The molecule has 0 aliphatic rings. The van der Waals surface area contributed by atoms with Crippen LogP contribution < -0.4 is 15.4 Å². The van der Waals surface area contributed by atoms with Crippen LogP contribution in [0.4, 0.5) is 4.39 Å². The normalized spacial score (nSPS) is 11.6. The van der Waals surface area contributed by atoms with Crippen molar-refractivity contribution in [3.05, 3.63) is 89.1 Å². The van der Waals surface area contributed by atoms with Gasteiger partial charge in [0.2, 0.25) is 0 Å². The van der Waals surface area contributed by atoms with E-state index in [0.29, 0.717) is 17.1 Å². The monoisotopic (exact) mass is 424 g/mol. The summed E-state index contributed by atoms with van der Waals surface area (Å²) in [6, 6.07) is 16.1. The van der Waals surface area contributed by atoms with Crippen LogP contribution in [-0.4, -0.2) is 17.9 Å². The average Bonchev–Trinajstić information content (AvgIpc) is 3.26. The highest BCUT2D eigenvalue weighted by Gasteiger charge is 2.13. The van der Waals surface area contributed by atoms with Gasteiger partial charge in [0.1, 0.15) is 23.9 Å². The van der Waals surface area contributed by atoms with Crippen LogP contribution in [0.2, 0.25) is 0 Å². The molecule has 0 saturated carbocycles. The molecule has 0 bridgehead atoms. The number of furan rings is 1. The maximum Gasteiger partial charge on any atom is 0.287 e. The SMILES string of the molecule is CCC(C)NC(=O)c1cccc(CNC(=O)c2ccc(COc3ccc(F)cc3)o2)c1. The Morgan fingerprint density at radius 3 is 2.58 bits per heavy atom. The van der Waals surface area contributed by atoms with Gasteiger partial charge in [-0.2, -0.15) is 0 Å². The summed E-state index contributed by atoms with van der Waals surface area (Å²) in [5, 5.41) is 5.70. The van der Waals surface area contributed by atoms with Gasteiger partial charge in [-0.25, -0.2) is 4.39 Å². The third kappa shape index (κ3) is 6.44. The molecule has 1 atom stereocenters.